The van der Waals surface area contributed by atoms with Crippen molar-refractivity contribution in [2.24, 2.45) is 52.3 Å². The van der Waals surface area contributed by atoms with Gasteiger partial charge in [-0.15, -0.1) is 0 Å². The predicted octanol–water partition coefficient (Wildman–Crippen LogP) is -0.737. The van der Waals surface area contributed by atoms with Gasteiger partial charge < -0.3 is 89.0 Å². The maximum atomic E-state index is 12.1. The first-order valence-corrected chi connectivity index (χ1v) is 23.7. The van der Waals surface area contributed by atoms with E-state index in [0.29, 0.717) is 49.5 Å². The van der Waals surface area contributed by atoms with Crippen LogP contribution in [0.2, 0.25) is 0 Å². The second-order valence-electron chi connectivity index (χ2n) is 21.7. The Morgan fingerprint density at radius 1 is 0.603 bits per heavy atom. The van der Waals surface area contributed by atoms with Crippen molar-refractivity contribution in [1.29, 1.82) is 0 Å². The van der Waals surface area contributed by atoms with Gasteiger partial charge in [0.15, 0.2) is 24.7 Å². The van der Waals surface area contributed by atoms with Crippen LogP contribution in [0.1, 0.15) is 92.9 Å². The van der Waals surface area contributed by atoms with E-state index in [-0.39, 0.29) is 34.7 Å². The van der Waals surface area contributed by atoms with Crippen molar-refractivity contribution in [2.45, 2.75) is 215 Å². The molecule has 9 fully saturated rings. The number of hydrogen-bond donors (Lipinski definition) is 10. The maximum absolute atomic E-state index is 12.1. The Morgan fingerprint density at radius 2 is 1.24 bits per heavy atom. The molecule has 9 rings (SSSR count). The van der Waals surface area contributed by atoms with Crippen LogP contribution in [0.5, 0.6) is 0 Å². The van der Waals surface area contributed by atoms with Crippen LogP contribution in [0.3, 0.4) is 0 Å². The molecule has 0 amide bonds. The average molecular weight is 903 g/mol. The van der Waals surface area contributed by atoms with Crippen LogP contribution >= 0.6 is 0 Å². The van der Waals surface area contributed by atoms with E-state index >= 15 is 0 Å². The largest absolute Gasteiger partial charge is 0.394 e. The zero-order valence-corrected chi connectivity index (χ0v) is 37.3. The lowest BCUT2D eigenvalue weighted by atomic mass is 9.44. The standard InChI is InChI=1S/C45H74O18/c1-17-16-56-45(14-25(17)47)18(2)30-28(63-45)12-24-22-8-7-21-11-27(26(48)13-44(21,6)23(22)9-10-43(24,30)5)59-42-39(62-41-36(54)34(52)32(50)20(4)58-41)37(55)38(29(15-46)60-42)61-40-35(53)33(51)31(49)19(3)57-40/h17-42,46-55H,7-16H2,1-6H3/t17-,18-,19-,20-,21+,22+,23-,24-,25-,26-,27+,28-,29+,30-,31-,32-,33+,34+,35+,36+,37-,38+,39+,40-,41-,42+,43-,44-,45+/m0/s1. The number of hydrogen-bond acceptors (Lipinski definition) is 18. The summed E-state index contributed by atoms with van der Waals surface area (Å²) < 4.78 is 49.7. The fourth-order valence-electron chi connectivity index (χ4n) is 14.6. The molecule has 0 aromatic heterocycles. The third-order valence-corrected chi connectivity index (χ3v) is 18.4. The Balaban J connectivity index is 0.914. The Morgan fingerprint density at radius 3 is 1.86 bits per heavy atom. The molecule has 18 heteroatoms. The molecule has 5 heterocycles. The van der Waals surface area contributed by atoms with Crippen LogP contribution in [0, 0.1) is 52.3 Å². The number of aliphatic hydroxyl groups excluding tert-OH is 10. The first-order valence-electron chi connectivity index (χ1n) is 23.7. The molecule has 5 aliphatic heterocycles. The lowest BCUT2D eigenvalue weighted by molar-refractivity contribution is -0.391. The fraction of sp³-hybridized carbons (Fsp3) is 1.00. The van der Waals surface area contributed by atoms with Gasteiger partial charge in [-0.3, -0.25) is 0 Å². The lowest BCUT2D eigenvalue weighted by Crippen LogP contribution is -2.67. The molecule has 362 valence electrons. The molecule has 9 aliphatic rings. The van der Waals surface area contributed by atoms with E-state index in [4.69, 9.17) is 37.9 Å². The molecular formula is C45H74O18. The van der Waals surface area contributed by atoms with Crippen molar-refractivity contribution in [3.63, 3.8) is 0 Å². The van der Waals surface area contributed by atoms with Crippen LogP contribution in [0.4, 0.5) is 0 Å². The average Bonchev–Trinajstić information content (AvgIpc) is 3.69. The molecule has 1 spiro atoms. The SMILES string of the molecule is C[C@@H]1O[C@@H](O[C@H]2[C@H](O[C@@H]3C[C@H]4CC[C@@H]5[C@H](CC[C@]6(C)[C@@H]7[C@H](C[C@@H]56)O[C@]5(C[C@H](O)[C@@H](C)CO5)[C@H]7C)[C@@]4(C)C[C@@H]3O)O[C@H](CO)[C@@H](O[C@@H]3O[C@@H](C)[C@H](O)[C@@H](O)[C@H]3O)[C@@H]2O)[C@H](O)[C@H](O)[C@H]1O. The zero-order valence-electron chi connectivity index (χ0n) is 37.3. The van der Waals surface area contributed by atoms with Gasteiger partial charge in [0, 0.05) is 18.3 Å². The van der Waals surface area contributed by atoms with Crippen LogP contribution in [-0.2, 0) is 37.9 Å². The molecule has 5 saturated heterocycles. The van der Waals surface area contributed by atoms with Crippen molar-refractivity contribution in [1.82, 2.24) is 0 Å². The molecule has 4 aliphatic carbocycles. The molecule has 29 atom stereocenters. The van der Waals surface area contributed by atoms with Crippen LogP contribution in [0.15, 0.2) is 0 Å². The van der Waals surface area contributed by atoms with Gasteiger partial charge in [-0.25, -0.2) is 0 Å². The van der Waals surface area contributed by atoms with E-state index in [2.05, 4.69) is 20.8 Å². The summed E-state index contributed by atoms with van der Waals surface area (Å²) in [5.41, 5.74) is -0.129. The Labute approximate surface area is 369 Å². The summed E-state index contributed by atoms with van der Waals surface area (Å²) in [5, 5.41) is 109. The number of aliphatic hydroxyl groups is 10. The highest BCUT2D eigenvalue weighted by Crippen LogP contribution is 2.71. The highest BCUT2D eigenvalue weighted by molar-refractivity contribution is 5.16. The van der Waals surface area contributed by atoms with Crippen molar-refractivity contribution in [3.8, 4) is 0 Å². The van der Waals surface area contributed by atoms with E-state index in [1.165, 1.54) is 13.8 Å². The molecule has 0 aromatic carbocycles. The van der Waals surface area contributed by atoms with E-state index in [1.54, 1.807) is 0 Å². The summed E-state index contributed by atoms with van der Waals surface area (Å²) in [6, 6.07) is 0. The van der Waals surface area contributed by atoms with Crippen LogP contribution in [0.25, 0.3) is 0 Å². The Hall–Kier alpha value is -0.720. The highest BCUT2D eigenvalue weighted by atomic mass is 16.8. The van der Waals surface area contributed by atoms with Gasteiger partial charge in [-0.1, -0.05) is 27.7 Å². The number of ether oxygens (including phenoxy) is 8. The van der Waals surface area contributed by atoms with Gasteiger partial charge in [0.2, 0.25) is 0 Å². The maximum Gasteiger partial charge on any atom is 0.187 e. The molecule has 0 unspecified atom stereocenters. The van der Waals surface area contributed by atoms with Crippen LogP contribution < -0.4 is 0 Å². The monoisotopic (exact) mass is 902 g/mol. The lowest BCUT2D eigenvalue weighted by Gasteiger charge is -2.62. The fourth-order valence-corrected chi connectivity index (χ4v) is 14.6. The summed E-state index contributed by atoms with van der Waals surface area (Å²) in [6.07, 6.45) is -18.1. The summed E-state index contributed by atoms with van der Waals surface area (Å²) >= 11 is 0. The van der Waals surface area contributed by atoms with Crippen molar-refractivity contribution < 1.29 is 89.0 Å². The minimum Gasteiger partial charge on any atom is -0.394 e. The molecule has 10 N–H and O–H groups in total. The zero-order chi connectivity index (χ0) is 45.2. The normalized spacial score (nSPS) is 60.6. The topological polar surface area (TPSA) is 276 Å². The summed E-state index contributed by atoms with van der Waals surface area (Å²) in [5.74, 6) is 1.29. The van der Waals surface area contributed by atoms with Crippen LogP contribution in [-0.4, -0.2) is 187 Å². The van der Waals surface area contributed by atoms with Gasteiger partial charge in [0.25, 0.3) is 0 Å². The third kappa shape index (κ3) is 7.70. The predicted molar refractivity (Wildman–Crippen MR) is 216 cm³/mol. The quantitative estimate of drug-likeness (QED) is 0.141. The van der Waals surface area contributed by atoms with E-state index < -0.39 is 123 Å². The Bertz CT molecular complexity index is 1610. The van der Waals surface area contributed by atoms with E-state index in [1.807, 2.05) is 6.92 Å². The van der Waals surface area contributed by atoms with Gasteiger partial charge in [-0.2, -0.15) is 0 Å². The second-order valence-corrected chi connectivity index (χ2v) is 21.7. The molecule has 0 bridgehead atoms. The van der Waals surface area contributed by atoms with Gasteiger partial charge in [-0.05, 0) is 99.2 Å². The minimum absolute atomic E-state index is 0.0648. The molecule has 4 saturated carbocycles. The van der Waals surface area contributed by atoms with Crippen molar-refractivity contribution >= 4 is 0 Å². The van der Waals surface area contributed by atoms with E-state index in [9.17, 15) is 51.1 Å². The summed E-state index contributed by atoms with van der Waals surface area (Å²) in [4.78, 5) is 0. The molecule has 0 aromatic rings. The van der Waals surface area contributed by atoms with Crippen molar-refractivity contribution in [2.75, 3.05) is 13.2 Å². The van der Waals surface area contributed by atoms with Crippen molar-refractivity contribution in [3.05, 3.63) is 0 Å². The number of rotatable bonds is 7. The highest BCUT2D eigenvalue weighted by Gasteiger charge is 2.70. The summed E-state index contributed by atoms with van der Waals surface area (Å²) in [7, 11) is 0. The third-order valence-electron chi connectivity index (χ3n) is 18.4. The van der Waals surface area contributed by atoms with Gasteiger partial charge in [0.1, 0.15) is 61.0 Å². The molecule has 18 nitrogen and oxygen atoms in total. The van der Waals surface area contributed by atoms with Gasteiger partial charge >= 0.3 is 0 Å². The van der Waals surface area contributed by atoms with Gasteiger partial charge in [0.05, 0.1) is 49.8 Å². The first-order chi connectivity index (χ1) is 29.7. The molecular weight excluding hydrogens is 828 g/mol. The molecule has 0 radical (unpaired) electrons. The summed E-state index contributed by atoms with van der Waals surface area (Å²) in [6.45, 7) is 11.8. The molecule has 63 heavy (non-hydrogen) atoms. The Kier molecular flexibility index (Phi) is 13.0. The smallest absolute Gasteiger partial charge is 0.187 e. The first kappa shape index (κ1) is 47.4. The minimum atomic E-state index is -1.76. The second kappa shape index (κ2) is 17.4. The van der Waals surface area contributed by atoms with E-state index in [0.717, 1.165) is 32.1 Å². The number of fused-ring (bicyclic) bond motifs is 7.